The number of aromatic amines is 2. The predicted octanol–water partition coefficient (Wildman–Crippen LogP) is 11.0. The lowest BCUT2D eigenvalue weighted by molar-refractivity contribution is 0.664. The lowest BCUT2D eigenvalue weighted by atomic mass is 10.0. The van der Waals surface area contributed by atoms with Gasteiger partial charge < -0.3 is 9.97 Å². The summed E-state index contributed by atoms with van der Waals surface area (Å²) in [6, 6.07) is 11.1. The van der Waals surface area contributed by atoms with Gasteiger partial charge in [-0.25, -0.2) is 9.97 Å². The minimum atomic E-state index is 1.01. The van der Waals surface area contributed by atoms with Crippen molar-refractivity contribution in [2.45, 2.75) is 117 Å². The summed E-state index contributed by atoms with van der Waals surface area (Å²) in [7, 11) is 0. The van der Waals surface area contributed by atoms with Crippen LogP contribution in [0, 0.1) is 0 Å². The zero-order chi connectivity index (χ0) is 29.1. The molecule has 42 heavy (non-hydrogen) atoms. The highest BCUT2D eigenvalue weighted by atomic mass is 14.8. The van der Waals surface area contributed by atoms with Crippen molar-refractivity contribution in [3.8, 4) is 0 Å². The monoisotopic (exact) mass is 562 g/mol. The van der Waals surface area contributed by atoms with E-state index in [2.05, 4.69) is 85.4 Å². The Balaban J connectivity index is 1.70. The second kappa shape index (κ2) is 15.2. The van der Waals surface area contributed by atoms with Crippen molar-refractivity contribution in [1.82, 2.24) is 19.9 Å². The van der Waals surface area contributed by atoms with Gasteiger partial charge in [0.15, 0.2) is 0 Å². The molecule has 4 heteroatoms. The van der Waals surface area contributed by atoms with Crippen molar-refractivity contribution in [1.29, 1.82) is 0 Å². The minimum absolute atomic E-state index is 1.01. The molecule has 0 aromatic carbocycles. The first kappa shape index (κ1) is 30.1. The third kappa shape index (κ3) is 7.51. The predicted molar refractivity (Wildman–Crippen MR) is 182 cm³/mol. The molecule has 0 unspecified atom stereocenters. The average molecular weight is 563 g/mol. The van der Waals surface area contributed by atoms with Gasteiger partial charge in [0.05, 0.1) is 22.8 Å². The Kier molecular flexibility index (Phi) is 10.9. The molecule has 0 atom stereocenters. The topological polar surface area (TPSA) is 57.4 Å². The fourth-order valence-electron chi connectivity index (χ4n) is 6.28. The number of aromatic nitrogens is 4. The summed E-state index contributed by atoms with van der Waals surface area (Å²) in [4.78, 5) is 18.1. The van der Waals surface area contributed by atoms with Gasteiger partial charge in [-0.05, 0) is 93.2 Å². The van der Waals surface area contributed by atoms with Crippen LogP contribution in [0.5, 0.6) is 0 Å². The summed E-state index contributed by atoms with van der Waals surface area (Å²) in [6.07, 6.45) is 26.9. The van der Waals surface area contributed by atoms with Gasteiger partial charge >= 0.3 is 0 Å². The molecule has 4 nitrogen and oxygen atoms in total. The van der Waals surface area contributed by atoms with E-state index in [1.165, 1.54) is 105 Å². The first-order valence-electron chi connectivity index (χ1n) is 16.8. The Morgan fingerprint density at radius 2 is 0.833 bits per heavy atom. The fourth-order valence-corrected chi connectivity index (χ4v) is 6.28. The van der Waals surface area contributed by atoms with Crippen molar-refractivity contribution in [3.63, 3.8) is 0 Å². The van der Waals surface area contributed by atoms with Crippen LogP contribution in [-0.2, 0) is 19.3 Å². The Hall–Kier alpha value is -3.40. The molecule has 2 aliphatic rings. The van der Waals surface area contributed by atoms with E-state index in [1.54, 1.807) is 0 Å². The number of fused-ring (bicyclic) bond motifs is 8. The van der Waals surface area contributed by atoms with Gasteiger partial charge in [0, 0.05) is 38.8 Å². The molecule has 0 saturated carbocycles. The van der Waals surface area contributed by atoms with Gasteiger partial charge in [0.2, 0.25) is 0 Å². The van der Waals surface area contributed by atoms with Crippen molar-refractivity contribution >= 4 is 46.4 Å². The third-order valence-corrected chi connectivity index (χ3v) is 8.74. The molecule has 0 radical (unpaired) electrons. The Morgan fingerprint density at radius 3 is 1.24 bits per heavy atom. The first-order chi connectivity index (χ1) is 20.7. The Labute approximate surface area is 252 Å². The van der Waals surface area contributed by atoms with Crippen LogP contribution in [0.4, 0.5) is 0 Å². The lowest BCUT2D eigenvalue weighted by Gasteiger charge is -2.06. The number of hydrogen-bond acceptors (Lipinski definition) is 2. The number of rotatable bonds is 15. The zero-order valence-electron chi connectivity index (χ0n) is 26.2. The number of unbranched alkanes of at least 4 members (excludes halogenated alkanes) is 9. The number of hydrogen-bond donors (Lipinski definition) is 2. The van der Waals surface area contributed by atoms with E-state index in [0.29, 0.717) is 0 Å². The van der Waals surface area contributed by atoms with Gasteiger partial charge in [-0.3, -0.25) is 0 Å². The largest absolute Gasteiger partial charge is 0.355 e. The standard InChI is InChI=1S/C38H50N4/c1-4-7-10-13-16-30-33-21-19-28(39-33)27-29-20-22-34(40-29)31(17-14-11-8-5-2)36-24-26-38(42-36)32(18-15-12-9-6-3)37-25-23-35(30)41-37/h19-27,39-40H,4-18H2,1-3H3. The number of nitrogens with zero attached hydrogens (tertiary/aromatic N) is 2. The first-order valence-corrected chi connectivity index (χ1v) is 16.8. The van der Waals surface area contributed by atoms with Crippen LogP contribution in [0.3, 0.4) is 0 Å². The van der Waals surface area contributed by atoms with Gasteiger partial charge in [-0.2, -0.15) is 0 Å². The van der Waals surface area contributed by atoms with Crippen molar-refractivity contribution < 1.29 is 0 Å². The van der Waals surface area contributed by atoms with Crippen LogP contribution < -0.4 is 0 Å². The smallest absolute Gasteiger partial charge is 0.0691 e. The number of H-pyrrole nitrogens is 2. The van der Waals surface area contributed by atoms with Gasteiger partial charge in [0.25, 0.3) is 0 Å². The molecule has 0 fully saturated rings. The Morgan fingerprint density at radius 1 is 0.452 bits per heavy atom. The molecule has 0 spiro atoms. The molecular formula is C38H50N4. The van der Waals surface area contributed by atoms with Crippen LogP contribution in [0.1, 0.15) is 137 Å². The van der Waals surface area contributed by atoms with Crippen molar-refractivity contribution in [2.75, 3.05) is 0 Å². The second-order valence-electron chi connectivity index (χ2n) is 12.1. The summed E-state index contributed by atoms with van der Waals surface area (Å²) in [5, 5.41) is 0. The summed E-state index contributed by atoms with van der Waals surface area (Å²) in [5.41, 5.74) is 12.9. The van der Waals surface area contributed by atoms with E-state index < -0.39 is 0 Å². The lowest BCUT2D eigenvalue weighted by Crippen LogP contribution is -1.97. The molecular weight excluding hydrogens is 512 g/mol. The molecule has 3 aromatic heterocycles. The molecule has 5 rings (SSSR count). The van der Waals surface area contributed by atoms with Crippen LogP contribution in [0.2, 0.25) is 0 Å². The SMILES string of the molecule is CCCCCCc1c2nc(c(CCCCCC)c3ccc(cc4ccc([nH]4)c(CCCCCC)c4nc1C=C4)[nH]3)C=C2. The molecule has 5 heterocycles. The maximum atomic E-state index is 5.31. The van der Waals surface area contributed by atoms with Crippen LogP contribution in [0.25, 0.3) is 46.4 Å². The van der Waals surface area contributed by atoms with E-state index in [4.69, 9.17) is 9.97 Å². The normalized spacial score (nSPS) is 12.5. The van der Waals surface area contributed by atoms with Crippen molar-refractivity contribution in [2.24, 2.45) is 0 Å². The van der Waals surface area contributed by atoms with Gasteiger partial charge in [-0.15, -0.1) is 0 Å². The maximum Gasteiger partial charge on any atom is 0.0691 e. The highest BCUT2D eigenvalue weighted by Crippen LogP contribution is 2.28. The van der Waals surface area contributed by atoms with Crippen LogP contribution in [-0.4, -0.2) is 19.9 Å². The second-order valence-corrected chi connectivity index (χ2v) is 12.1. The molecule has 2 aliphatic heterocycles. The summed E-state index contributed by atoms with van der Waals surface area (Å²) < 4.78 is 0. The average Bonchev–Trinajstić information content (AvgIpc) is 3.82. The quantitative estimate of drug-likeness (QED) is 0.125. The maximum absolute atomic E-state index is 5.31. The third-order valence-electron chi connectivity index (χ3n) is 8.74. The van der Waals surface area contributed by atoms with E-state index in [-0.39, 0.29) is 0 Å². The van der Waals surface area contributed by atoms with Gasteiger partial charge in [0.1, 0.15) is 0 Å². The number of nitrogens with one attached hydrogen (secondary N) is 2. The molecule has 2 N–H and O–H groups in total. The molecule has 3 aromatic rings. The molecule has 0 aliphatic carbocycles. The summed E-state index contributed by atoms with van der Waals surface area (Å²) in [5.74, 6) is 0. The summed E-state index contributed by atoms with van der Waals surface area (Å²) >= 11 is 0. The molecule has 222 valence electrons. The van der Waals surface area contributed by atoms with Gasteiger partial charge in [-0.1, -0.05) is 78.6 Å². The molecule has 8 bridgehead atoms. The van der Waals surface area contributed by atoms with E-state index in [1.807, 2.05) is 0 Å². The van der Waals surface area contributed by atoms with E-state index in [0.717, 1.165) is 53.1 Å². The number of aryl methyl sites for hydroxylation is 2. The van der Waals surface area contributed by atoms with Crippen molar-refractivity contribution in [3.05, 3.63) is 69.8 Å². The molecule has 0 saturated heterocycles. The molecule has 0 amide bonds. The van der Waals surface area contributed by atoms with Crippen LogP contribution in [0.15, 0.2) is 30.3 Å². The van der Waals surface area contributed by atoms with Crippen LogP contribution >= 0.6 is 0 Å². The minimum Gasteiger partial charge on any atom is -0.355 e. The van der Waals surface area contributed by atoms with E-state index >= 15 is 0 Å². The highest BCUT2D eigenvalue weighted by molar-refractivity contribution is 5.82. The zero-order valence-corrected chi connectivity index (χ0v) is 26.2. The summed E-state index contributed by atoms with van der Waals surface area (Å²) in [6.45, 7) is 6.83. The van der Waals surface area contributed by atoms with E-state index in [9.17, 15) is 0 Å². The highest BCUT2D eigenvalue weighted by Gasteiger charge is 2.16. The Bertz CT molecular complexity index is 1440. The fraction of sp³-hybridized carbons (Fsp3) is 0.474.